The molecule has 0 spiro atoms. The van der Waals surface area contributed by atoms with E-state index in [1.807, 2.05) is 12.3 Å². The normalized spacial score (nSPS) is 10.8. The fourth-order valence-electron chi connectivity index (χ4n) is 1.87. The van der Waals surface area contributed by atoms with E-state index in [1.54, 1.807) is 23.0 Å². The van der Waals surface area contributed by atoms with Gasteiger partial charge < -0.3 is 9.73 Å². The Hall–Kier alpha value is -2.90. The van der Waals surface area contributed by atoms with Gasteiger partial charge in [-0.05, 0) is 12.1 Å². The fourth-order valence-corrected chi connectivity index (χ4v) is 1.87. The molecule has 3 rings (SSSR count). The van der Waals surface area contributed by atoms with Gasteiger partial charge in [0.15, 0.2) is 11.1 Å². The lowest BCUT2D eigenvalue weighted by molar-refractivity contribution is -0.383. The van der Waals surface area contributed by atoms with Crippen LogP contribution in [0.2, 0.25) is 0 Å². The summed E-state index contributed by atoms with van der Waals surface area (Å²) in [7, 11) is 0. The molecule has 8 heteroatoms. The second kappa shape index (κ2) is 5.00. The van der Waals surface area contributed by atoms with Crippen LogP contribution in [0.3, 0.4) is 0 Å². The minimum atomic E-state index is -0.474. The van der Waals surface area contributed by atoms with Crippen molar-refractivity contribution in [1.29, 1.82) is 0 Å². The first kappa shape index (κ1) is 12.2. The molecule has 102 valence electrons. The summed E-state index contributed by atoms with van der Waals surface area (Å²) in [5, 5.41) is 17.9. The summed E-state index contributed by atoms with van der Waals surface area (Å²) in [4.78, 5) is 14.5. The van der Waals surface area contributed by atoms with Crippen LogP contribution in [-0.2, 0) is 6.54 Å². The third-order valence-corrected chi connectivity index (χ3v) is 2.77. The molecular weight excluding hydrogens is 262 g/mol. The number of nitro benzene ring substituents is 1. The van der Waals surface area contributed by atoms with Crippen molar-refractivity contribution in [3.8, 4) is 0 Å². The van der Waals surface area contributed by atoms with E-state index in [-0.39, 0.29) is 17.2 Å². The summed E-state index contributed by atoms with van der Waals surface area (Å²) in [6.07, 6.45) is 3.54. The van der Waals surface area contributed by atoms with Crippen LogP contribution in [0, 0.1) is 10.1 Å². The molecule has 0 aliphatic heterocycles. The molecule has 0 unspecified atom stereocenters. The van der Waals surface area contributed by atoms with Crippen LogP contribution in [0.1, 0.15) is 0 Å². The average molecular weight is 273 g/mol. The van der Waals surface area contributed by atoms with E-state index in [2.05, 4.69) is 15.4 Å². The number of oxazole rings is 1. The Morgan fingerprint density at radius 2 is 2.30 bits per heavy atom. The maximum absolute atomic E-state index is 10.9. The number of nitro groups is 1. The zero-order valence-corrected chi connectivity index (χ0v) is 10.4. The largest absolute Gasteiger partial charge is 0.423 e. The van der Waals surface area contributed by atoms with E-state index in [1.165, 1.54) is 6.07 Å². The number of hydrogen-bond acceptors (Lipinski definition) is 6. The molecule has 2 aromatic heterocycles. The predicted molar refractivity (Wildman–Crippen MR) is 71.4 cm³/mol. The van der Waals surface area contributed by atoms with E-state index >= 15 is 0 Å². The zero-order valence-electron chi connectivity index (χ0n) is 10.4. The Morgan fingerprint density at radius 1 is 1.40 bits per heavy atom. The van der Waals surface area contributed by atoms with Crippen molar-refractivity contribution in [2.45, 2.75) is 6.54 Å². The van der Waals surface area contributed by atoms with Gasteiger partial charge in [0.05, 0.1) is 11.5 Å². The summed E-state index contributed by atoms with van der Waals surface area (Å²) in [5.41, 5.74) is 0.575. The highest BCUT2D eigenvalue weighted by molar-refractivity contribution is 5.83. The van der Waals surface area contributed by atoms with Gasteiger partial charge in [-0.25, -0.2) is 0 Å². The van der Waals surface area contributed by atoms with Crippen molar-refractivity contribution in [3.63, 3.8) is 0 Å². The molecule has 3 aromatic rings. The smallest absolute Gasteiger partial charge is 0.298 e. The molecule has 0 aliphatic carbocycles. The van der Waals surface area contributed by atoms with Gasteiger partial charge in [-0.1, -0.05) is 6.07 Å². The van der Waals surface area contributed by atoms with Gasteiger partial charge in [0.1, 0.15) is 0 Å². The van der Waals surface area contributed by atoms with Crippen molar-refractivity contribution >= 4 is 22.8 Å². The SMILES string of the molecule is O=[N+]([O-])c1cccc2oc(NCCn3cccn3)nc12. The van der Waals surface area contributed by atoms with Crippen molar-refractivity contribution in [2.24, 2.45) is 0 Å². The van der Waals surface area contributed by atoms with Crippen molar-refractivity contribution in [1.82, 2.24) is 14.8 Å². The Bertz CT molecular complexity index is 735. The highest BCUT2D eigenvalue weighted by Crippen LogP contribution is 2.27. The third kappa shape index (κ3) is 2.30. The molecule has 8 nitrogen and oxygen atoms in total. The molecule has 1 aromatic carbocycles. The van der Waals surface area contributed by atoms with Crippen LogP contribution < -0.4 is 5.32 Å². The van der Waals surface area contributed by atoms with Crippen molar-refractivity contribution in [3.05, 3.63) is 46.8 Å². The molecule has 0 radical (unpaired) electrons. The van der Waals surface area contributed by atoms with Crippen molar-refractivity contribution in [2.75, 3.05) is 11.9 Å². The molecule has 1 N–H and O–H groups in total. The first-order valence-electron chi connectivity index (χ1n) is 5.99. The number of rotatable bonds is 5. The Labute approximate surface area is 113 Å². The van der Waals surface area contributed by atoms with Gasteiger partial charge in [0, 0.05) is 25.0 Å². The van der Waals surface area contributed by atoms with Crippen LogP contribution in [0.25, 0.3) is 11.1 Å². The molecule has 0 atom stereocenters. The number of nitrogens with one attached hydrogen (secondary N) is 1. The zero-order chi connectivity index (χ0) is 13.9. The van der Waals surface area contributed by atoms with Crippen LogP contribution in [0.5, 0.6) is 0 Å². The molecule has 2 heterocycles. The molecule has 0 saturated heterocycles. The van der Waals surface area contributed by atoms with Crippen molar-refractivity contribution < 1.29 is 9.34 Å². The highest BCUT2D eigenvalue weighted by Gasteiger charge is 2.16. The lowest BCUT2D eigenvalue weighted by Gasteiger charge is -2.01. The first-order valence-corrected chi connectivity index (χ1v) is 5.99. The summed E-state index contributed by atoms with van der Waals surface area (Å²) < 4.78 is 7.18. The van der Waals surface area contributed by atoms with Gasteiger partial charge in [-0.2, -0.15) is 10.1 Å². The number of hydrogen-bond donors (Lipinski definition) is 1. The molecular formula is C12H11N5O3. The highest BCUT2D eigenvalue weighted by atomic mass is 16.6. The van der Waals surface area contributed by atoms with Crippen LogP contribution in [0.4, 0.5) is 11.7 Å². The molecule has 0 aliphatic rings. The lowest BCUT2D eigenvalue weighted by Crippen LogP contribution is -2.10. The fraction of sp³-hybridized carbons (Fsp3) is 0.167. The lowest BCUT2D eigenvalue weighted by atomic mass is 10.3. The molecule has 0 fully saturated rings. The van der Waals surface area contributed by atoms with Crippen LogP contribution in [0.15, 0.2) is 41.1 Å². The van der Waals surface area contributed by atoms with Gasteiger partial charge in [-0.15, -0.1) is 0 Å². The number of para-hydroxylation sites is 1. The molecule has 0 amide bonds. The van der Waals surface area contributed by atoms with Crippen LogP contribution >= 0.6 is 0 Å². The van der Waals surface area contributed by atoms with Gasteiger partial charge in [-0.3, -0.25) is 14.8 Å². The summed E-state index contributed by atoms with van der Waals surface area (Å²) in [6.45, 7) is 1.20. The number of benzene rings is 1. The minimum Gasteiger partial charge on any atom is -0.423 e. The first-order chi connectivity index (χ1) is 9.74. The van der Waals surface area contributed by atoms with E-state index in [9.17, 15) is 10.1 Å². The third-order valence-electron chi connectivity index (χ3n) is 2.77. The monoisotopic (exact) mass is 273 g/mol. The standard InChI is InChI=1S/C12H11N5O3/c18-17(19)9-3-1-4-10-11(9)15-12(20-10)13-6-8-16-7-2-5-14-16/h1-5,7H,6,8H2,(H,13,15). The number of aromatic nitrogens is 3. The van der Waals surface area contributed by atoms with E-state index < -0.39 is 4.92 Å². The quantitative estimate of drug-likeness (QED) is 0.564. The Balaban J connectivity index is 1.76. The van der Waals surface area contributed by atoms with E-state index in [0.717, 1.165) is 0 Å². The summed E-state index contributed by atoms with van der Waals surface area (Å²) in [6, 6.07) is 6.72. The second-order valence-corrected chi connectivity index (χ2v) is 4.10. The van der Waals surface area contributed by atoms with Gasteiger partial charge >= 0.3 is 0 Å². The number of anilines is 1. The topological polar surface area (TPSA) is 99.0 Å². The van der Waals surface area contributed by atoms with Gasteiger partial charge in [0.25, 0.3) is 11.7 Å². The molecule has 20 heavy (non-hydrogen) atoms. The molecule has 0 saturated carbocycles. The Kier molecular flexibility index (Phi) is 3.04. The van der Waals surface area contributed by atoms with E-state index in [0.29, 0.717) is 18.7 Å². The predicted octanol–water partition coefficient (Wildman–Crippen LogP) is 2.04. The number of fused-ring (bicyclic) bond motifs is 1. The summed E-state index contributed by atoms with van der Waals surface area (Å²) >= 11 is 0. The van der Waals surface area contributed by atoms with E-state index in [4.69, 9.17) is 4.42 Å². The number of non-ortho nitro benzene ring substituents is 1. The maximum Gasteiger partial charge on any atom is 0.298 e. The van der Waals surface area contributed by atoms with Crippen LogP contribution in [-0.4, -0.2) is 26.2 Å². The minimum absolute atomic E-state index is 0.0635. The number of nitrogens with zero attached hydrogens (tertiary/aromatic N) is 4. The average Bonchev–Trinajstić information content (AvgIpc) is 3.06. The summed E-state index contributed by atoms with van der Waals surface area (Å²) in [5.74, 6) is 0. The maximum atomic E-state index is 10.9. The molecule has 0 bridgehead atoms. The Morgan fingerprint density at radius 3 is 3.05 bits per heavy atom. The van der Waals surface area contributed by atoms with Gasteiger partial charge in [0.2, 0.25) is 0 Å². The second-order valence-electron chi connectivity index (χ2n) is 4.10.